The third-order valence-electron chi connectivity index (χ3n) is 6.32. The maximum absolute atomic E-state index is 15.2. The fourth-order valence-corrected chi connectivity index (χ4v) is 6.37. The zero-order valence-corrected chi connectivity index (χ0v) is 25.3. The second-order valence-electron chi connectivity index (χ2n) is 9.45. The van der Waals surface area contributed by atoms with E-state index < -0.39 is 20.7 Å². The van der Waals surface area contributed by atoms with E-state index in [1.165, 1.54) is 23.5 Å². The van der Waals surface area contributed by atoms with E-state index >= 15 is 4.39 Å². The highest BCUT2D eigenvalue weighted by atomic mass is 35.5. The lowest BCUT2D eigenvalue weighted by molar-refractivity contribution is -0.118. The number of ether oxygens (including phenoxy) is 1. The number of benzene rings is 3. The molecular weight excluding hydrogens is 583 g/mol. The lowest BCUT2D eigenvalue weighted by Gasteiger charge is -2.27. The minimum atomic E-state index is -3.99. The number of amides is 1. The Morgan fingerprint density at radius 1 is 1.05 bits per heavy atom. The van der Waals surface area contributed by atoms with Gasteiger partial charge in [0.1, 0.15) is 16.5 Å². The SMILES string of the molecule is CCCNS(=O)(=O)c1ccc(-c2ccccc2N(Cc2cc(Cl)ccc2OCCC)C(=O)Cc2ccsc2)cc1F. The minimum Gasteiger partial charge on any atom is -0.493 e. The van der Waals surface area contributed by atoms with Crippen LogP contribution in [0.1, 0.15) is 37.8 Å². The van der Waals surface area contributed by atoms with E-state index in [4.69, 9.17) is 16.3 Å². The van der Waals surface area contributed by atoms with E-state index in [9.17, 15) is 13.2 Å². The highest BCUT2D eigenvalue weighted by Crippen LogP contribution is 2.35. The van der Waals surface area contributed by atoms with Crippen LogP contribution in [-0.4, -0.2) is 27.5 Å². The Morgan fingerprint density at radius 3 is 2.56 bits per heavy atom. The van der Waals surface area contributed by atoms with Crippen LogP contribution in [-0.2, 0) is 27.8 Å². The monoisotopic (exact) mass is 614 g/mol. The van der Waals surface area contributed by atoms with Crippen molar-refractivity contribution in [3.05, 3.63) is 99.5 Å². The van der Waals surface area contributed by atoms with Crippen LogP contribution < -0.4 is 14.4 Å². The summed E-state index contributed by atoms with van der Waals surface area (Å²) in [6.07, 6.45) is 1.56. The lowest BCUT2D eigenvalue weighted by Crippen LogP contribution is -2.32. The number of hydrogen-bond donors (Lipinski definition) is 1. The fraction of sp³-hybridized carbons (Fsp3) is 0.258. The first-order valence-corrected chi connectivity index (χ1v) is 16.1. The summed E-state index contributed by atoms with van der Waals surface area (Å²) >= 11 is 7.86. The molecule has 6 nitrogen and oxygen atoms in total. The summed E-state index contributed by atoms with van der Waals surface area (Å²) in [5, 5.41) is 4.36. The Bertz CT molecular complexity index is 1590. The number of carbonyl (C=O) groups excluding carboxylic acids is 1. The summed E-state index contributed by atoms with van der Waals surface area (Å²) < 4.78 is 48.8. The van der Waals surface area contributed by atoms with Gasteiger partial charge in [-0.25, -0.2) is 17.5 Å². The van der Waals surface area contributed by atoms with E-state index in [1.54, 1.807) is 53.4 Å². The van der Waals surface area contributed by atoms with Crippen molar-refractivity contribution in [1.82, 2.24) is 4.72 Å². The number of nitrogens with one attached hydrogen (secondary N) is 1. The smallest absolute Gasteiger partial charge is 0.243 e. The number of rotatable bonds is 13. The first kappa shape index (κ1) is 30.7. The van der Waals surface area contributed by atoms with Crippen molar-refractivity contribution >= 4 is 44.6 Å². The first-order chi connectivity index (χ1) is 19.7. The molecule has 0 bridgehead atoms. The Hall–Kier alpha value is -3.24. The normalized spacial score (nSPS) is 11.4. The van der Waals surface area contributed by atoms with Crippen molar-refractivity contribution in [2.45, 2.75) is 44.6 Å². The molecule has 0 aliphatic rings. The van der Waals surface area contributed by atoms with E-state index in [-0.39, 0.29) is 25.4 Å². The molecule has 1 aromatic heterocycles. The van der Waals surface area contributed by atoms with Crippen LogP contribution in [0.5, 0.6) is 5.75 Å². The van der Waals surface area contributed by atoms with Gasteiger partial charge >= 0.3 is 0 Å². The second-order valence-corrected chi connectivity index (χ2v) is 12.4. The Balaban J connectivity index is 1.78. The maximum Gasteiger partial charge on any atom is 0.243 e. The number of para-hydroxylation sites is 1. The molecule has 0 fully saturated rings. The summed E-state index contributed by atoms with van der Waals surface area (Å²) in [5.41, 5.74) is 3.18. The van der Waals surface area contributed by atoms with Crippen LogP contribution in [0.25, 0.3) is 11.1 Å². The van der Waals surface area contributed by atoms with Gasteiger partial charge in [0.15, 0.2) is 0 Å². The highest BCUT2D eigenvalue weighted by molar-refractivity contribution is 7.89. The van der Waals surface area contributed by atoms with Crippen molar-refractivity contribution in [3.63, 3.8) is 0 Å². The van der Waals surface area contributed by atoms with E-state index in [0.717, 1.165) is 17.5 Å². The third-order valence-corrected chi connectivity index (χ3v) is 8.78. The maximum atomic E-state index is 15.2. The molecule has 41 heavy (non-hydrogen) atoms. The number of hydrogen-bond acceptors (Lipinski definition) is 5. The largest absolute Gasteiger partial charge is 0.493 e. The van der Waals surface area contributed by atoms with E-state index in [2.05, 4.69) is 4.72 Å². The Labute approximate surface area is 249 Å². The van der Waals surface area contributed by atoms with Gasteiger partial charge in [0.2, 0.25) is 15.9 Å². The molecule has 1 N–H and O–H groups in total. The van der Waals surface area contributed by atoms with Crippen molar-refractivity contribution in [2.75, 3.05) is 18.1 Å². The number of thiophene rings is 1. The zero-order valence-electron chi connectivity index (χ0n) is 22.9. The van der Waals surface area contributed by atoms with Gasteiger partial charge in [-0.2, -0.15) is 11.3 Å². The van der Waals surface area contributed by atoms with E-state index in [1.807, 2.05) is 30.7 Å². The van der Waals surface area contributed by atoms with Crippen LogP contribution in [0.2, 0.25) is 5.02 Å². The number of halogens is 2. The lowest BCUT2D eigenvalue weighted by atomic mass is 10.0. The third kappa shape index (κ3) is 7.74. The van der Waals surface area contributed by atoms with Crippen LogP contribution in [0.15, 0.2) is 82.4 Å². The molecule has 0 spiro atoms. The number of anilines is 1. The second kappa shape index (κ2) is 14.1. The molecule has 4 aromatic rings. The van der Waals surface area contributed by atoms with Gasteiger partial charge in [-0.1, -0.05) is 49.7 Å². The number of nitrogens with zero attached hydrogens (tertiary/aromatic N) is 1. The molecule has 0 radical (unpaired) electrons. The van der Waals surface area contributed by atoms with Gasteiger partial charge in [-0.05, 0) is 77.2 Å². The average Bonchev–Trinajstić information content (AvgIpc) is 3.47. The van der Waals surface area contributed by atoms with Crippen molar-refractivity contribution in [2.24, 2.45) is 0 Å². The molecule has 1 heterocycles. The van der Waals surface area contributed by atoms with Gasteiger partial charge in [-0.15, -0.1) is 0 Å². The van der Waals surface area contributed by atoms with Crippen LogP contribution in [0, 0.1) is 5.82 Å². The van der Waals surface area contributed by atoms with Crippen LogP contribution in [0.3, 0.4) is 0 Å². The molecule has 10 heteroatoms. The van der Waals surface area contributed by atoms with Gasteiger partial charge in [0, 0.05) is 22.7 Å². The van der Waals surface area contributed by atoms with Gasteiger partial charge in [0.25, 0.3) is 0 Å². The summed E-state index contributed by atoms with van der Waals surface area (Å²) in [5.74, 6) is -0.412. The van der Waals surface area contributed by atoms with Gasteiger partial charge in [0.05, 0.1) is 25.3 Å². The van der Waals surface area contributed by atoms with E-state index in [0.29, 0.717) is 40.6 Å². The van der Waals surface area contributed by atoms with Crippen LogP contribution in [0.4, 0.5) is 10.1 Å². The Morgan fingerprint density at radius 2 is 1.85 bits per heavy atom. The molecular formula is C31H32ClFN2O4S2. The molecule has 0 aliphatic carbocycles. The minimum absolute atomic E-state index is 0.162. The van der Waals surface area contributed by atoms with Gasteiger partial charge in [-0.3, -0.25) is 4.79 Å². The molecule has 3 aromatic carbocycles. The van der Waals surface area contributed by atoms with Crippen molar-refractivity contribution in [3.8, 4) is 16.9 Å². The molecule has 216 valence electrons. The quantitative estimate of drug-likeness (QED) is 0.170. The molecule has 0 saturated carbocycles. The predicted molar refractivity (Wildman–Crippen MR) is 164 cm³/mol. The summed E-state index contributed by atoms with van der Waals surface area (Å²) in [4.78, 5) is 15.1. The van der Waals surface area contributed by atoms with Crippen molar-refractivity contribution < 1.29 is 22.3 Å². The summed E-state index contributed by atoms with van der Waals surface area (Å²) in [7, 11) is -3.99. The highest BCUT2D eigenvalue weighted by Gasteiger charge is 2.24. The number of sulfonamides is 1. The molecule has 1 amide bonds. The standard InChI is InChI=1S/C31H32ClFN2O4S2/c1-3-14-34-41(37,38)30-12-9-23(19-27(30)33)26-7-5-6-8-28(26)35(31(36)17-22-13-16-40-21-22)20-24-18-25(32)10-11-29(24)39-15-4-2/h5-13,16,18-19,21,34H,3-4,14-15,17,20H2,1-2H3. The summed E-state index contributed by atoms with van der Waals surface area (Å²) in [6.45, 7) is 4.72. The van der Waals surface area contributed by atoms with Crippen LogP contribution >= 0.6 is 22.9 Å². The average molecular weight is 615 g/mol. The zero-order chi connectivity index (χ0) is 29.4. The molecule has 0 saturated heterocycles. The molecule has 4 rings (SSSR count). The number of carbonyl (C=O) groups is 1. The topological polar surface area (TPSA) is 75.7 Å². The first-order valence-electron chi connectivity index (χ1n) is 13.3. The molecule has 0 aliphatic heterocycles. The van der Waals surface area contributed by atoms with Crippen molar-refractivity contribution in [1.29, 1.82) is 0 Å². The molecule has 0 unspecified atom stereocenters. The summed E-state index contributed by atoms with van der Waals surface area (Å²) in [6, 6.07) is 18.4. The van der Waals surface area contributed by atoms with Gasteiger partial charge < -0.3 is 9.64 Å². The predicted octanol–water partition coefficient (Wildman–Crippen LogP) is 7.46. The molecule has 0 atom stereocenters. The fourth-order valence-electron chi connectivity index (χ4n) is 4.32. The Kier molecular flexibility index (Phi) is 10.6.